The molecule has 0 aliphatic carbocycles. The first kappa shape index (κ1) is 22.0. The minimum absolute atomic E-state index is 0. The predicted molar refractivity (Wildman–Crippen MR) is 115 cm³/mol. The Kier molecular flexibility index (Phi) is 10.9. The zero-order valence-electron chi connectivity index (χ0n) is 14.5. The highest BCUT2D eigenvalue weighted by Gasteiger charge is 2.24. The molecule has 0 aromatic heterocycles. The lowest BCUT2D eigenvalue weighted by Crippen LogP contribution is -2.42. The van der Waals surface area contributed by atoms with E-state index in [2.05, 4.69) is 27.5 Å². The Hall–Kier alpha value is -1.01. The number of guanidine groups is 1. The summed E-state index contributed by atoms with van der Waals surface area (Å²) in [5.41, 5.74) is 1.10. The molecule has 0 spiro atoms. The molecule has 1 unspecified atom stereocenters. The van der Waals surface area contributed by atoms with Crippen LogP contribution in [0.2, 0.25) is 5.02 Å². The Morgan fingerprint density at radius 1 is 1.36 bits per heavy atom. The van der Waals surface area contributed by atoms with Crippen LogP contribution in [0.25, 0.3) is 0 Å². The van der Waals surface area contributed by atoms with Gasteiger partial charge in [-0.15, -0.1) is 30.4 Å². The predicted octanol–water partition coefficient (Wildman–Crippen LogP) is 2.52. The van der Waals surface area contributed by atoms with Crippen molar-refractivity contribution in [3.05, 3.63) is 34.9 Å². The molecule has 1 heterocycles. The van der Waals surface area contributed by atoms with Crippen molar-refractivity contribution in [3.8, 4) is 12.3 Å². The number of morpholine rings is 1. The van der Waals surface area contributed by atoms with Crippen molar-refractivity contribution in [2.75, 3.05) is 45.9 Å². The molecule has 1 aliphatic rings. The van der Waals surface area contributed by atoms with E-state index in [0.717, 1.165) is 49.4 Å². The number of nitrogens with zero attached hydrogens (tertiary/aromatic N) is 2. The van der Waals surface area contributed by atoms with Crippen LogP contribution < -0.4 is 10.6 Å². The van der Waals surface area contributed by atoms with E-state index < -0.39 is 0 Å². The molecule has 138 valence electrons. The molecular weight excluding hydrogens is 451 g/mol. The van der Waals surface area contributed by atoms with E-state index in [1.165, 1.54) is 0 Å². The number of terminal acetylenes is 1. The number of hydrogen-bond acceptors (Lipinski definition) is 3. The topological polar surface area (TPSA) is 48.9 Å². The molecule has 5 nitrogen and oxygen atoms in total. The first-order valence-corrected chi connectivity index (χ1v) is 8.66. The van der Waals surface area contributed by atoms with Gasteiger partial charge in [0, 0.05) is 24.7 Å². The number of hydrogen-bond donors (Lipinski definition) is 2. The lowest BCUT2D eigenvalue weighted by atomic mass is 10.0. The van der Waals surface area contributed by atoms with E-state index in [1.807, 2.05) is 25.1 Å². The van der Waals surface area contributed by atoms with Crippen LogP contribution in [0, 0.1) is 12.3 Å². The van der Waals surface area contributed by atoms with Gasteiger partial charge >= 0.3 is 0 Å². The van der Waals surface area contributed by atoms with Crippen molar-refractivity contribution in [2.45, 2.75) is 13.0 Å². The van der Waals surface area contributed by atoms with Crippen LogP contribution in [0.15, 0.2) is 29.3 Å². The van der Waals surface area contributed by atoms with Crippen LogP contribution in [0.4, 0.5) is 0 Å². The summed E-state index contributed by atoms with van der Waals surface area (Å²) in [5.74, 6) is 3.29. The van der Waals surface area contributed by atoms with Gasteiger partial charge in [-0.25, -0.2) is 0 Å². The molecule has 2 N–H and O–H groups in total. The van der Waals surface area contributed by atoms with Gasteiger partial charge in [0.25, 0.3) is 0 Å². The molecule has 0 amide bonds. The van der Waals surface area contributed by atoms with Gasteiger partial charge in [0.05, 0.1) is 32.3 Å². The van der Waals surface area contributed by atoms with Gasteiger partial charge in [0.2, 0.25) is 0 Å². The van der Waals surface area contributed by atoms with Crippen LogP contribution >= 0.6 is 35.6 Å². The fraction of sp³-hybridized carbons (Fsp3) is 0.500. The van der Waals surface area contributed by atoms with Gasteiger partial charge in [-0.3, -0.25) is 9.89 Å². The number of nitrogens with one attached hydrogen (secondary N) is 2. The Labute approximate surface area is 172 Å². The highest BCUT2D eigenvalue weighted by atomic mass is 127. The summed E-state index contributed by atoms with van der Waals surface area (Å²) in [6.45, 7) is 7.08. The van der Waals surface area contributed by atoms with Crippen molar-refractivity contribution >= 4 is 41.5 Å². The SMILES string of the molecule is C#CCNC(=NCC(c1ccccc1Cl)N1CCOCC1)NCC.I. The number of aliphatic imine (C=N–C) groups is 1. The van der Waals surface area contributed by atoms with Crippen molar-refractivity contribution in [1.82, 2.24) is 15.5 Å². The fourth-order valence-electron chi connectivity index (χ4n) is 2.70. The Balaban J connectivity index is 0.00000312. The summed E-state index contributed by atoms with van der Waals surface area (Å²) >= 11 is 6.43. The van der Waals surface area contributed by atoms with Gasteiger partial charge in [-0.1, -0.05) is 35.7 Å². The highest BCUT2D eigenvalue weighted by molar-refractivity contribution is 14.0. The van der Waals surface area contributed by atoms with E-state index >= 15 is 0 Å². The van der Waals surface area contributed by atoms with Crippen LogP contribution in [-0.2, 0) is 4.74 Å². The molecule has 0 bridgehead atoms. The number of rotatable bonds is 6. The Morgan fingerprint density at radius 3 is 2.72 bits per heavy atom. The molecule has 25 heavy (non-hydrogen) atoms. The molecule has 0 saturated carbocycles. The number of halogens is 2. The normalized spacial score (nSPS) is 16.4. The van der Waals surface area contributed by atoms with Crippen LogP contribution in [-0.4, -0.2) is 56.8 Å². The third kappa shape index (κ3) is 7.02. The smallest absolute Gasteiger partial charge is 0.192 e. The van der Waals surface area contributed by atoms with E-state index in [1.54, 1.807) is 0 Å². The maximum absolute atomic E-state index is 6.43. The van der Waals surface area contributed by atoms with Crippen molar-refractivity contribution in [3.63, 3.8) is 0 Å². The standard InChI is InChI=1S/C18H25ClN4O.HI/c1-3-9-21-18(20-4-2)22-14-17(23-10-12-24-13-11-23)15-7-5-6-8-16(15)19;/h1,5-8,17H,4,9-14H2,2H3,(H2,20,21,22);1H. The summed E-state index contributed by atoms with van der Waals surface area (Å²) in [6, 6.07) is 8.07. The third-order valence-electron chi connectivity index (χ3n) is 3.88. The summed E-state index contributed by atoms with van der Waals surface area (Å²) in [4.78, 5) is 7.08. The average Bonchev–Trinajstić information content (AvgIpc) is 2.62. The van der Waals surface area contributed by atoms with Gasteiger partial charge in [-0.2, -0.15) is 0 Å². The second-order valence-corrected chi connectivity index (χ2v) is 5.87. The summed E-state index contributed by atoms with van der Waals surface area (Å²) in [7, 11) is 0. The minimum Gasteiger partial charge on any atom is -0.379 e. The Bertz CT molecular complexity index is 585. The summed E-state index contributed by atoms with van der Waals surface area (Å²) < 4.78 is 5.48. The number of ether oxygens (including phenoxy) is 1. The van der Waals surface area contributed by atoms with Crippen LogP contribution in [0.5, 0.6) is 0 Å². The van der Waals surface area contributed by atoms with Crippen molar-refractivity contribution in [2.24, 2.45) is 4.99 Å². The van der Waals surface area contributed by atoms with Crippen LogP contribution in [0.3, 0.4) is 0 Å². The Morgan fingerprint density at radius 2 is 2.08 bits per heavy atom. The monoisotopic (exact) mass is 476 g/mol. The van der Waals surface area contributed by atoms with Gasteiger partial charge in [0.1, 0.15) is 0 Å². The summed E-state index contributed by atoms with van der Waals surface area (Å²) in [6.07, 6.45) is 5.32. The third-order valence-corrected chi connectivity index (χ3v) is 4.22. The van der Waals surface area contributed by atoms with Gasteiger partial charge in [-0.05, 0) is 18.6 Å². The zero-order chi connectivity index (χ0) is 17.2. The van der Waals surface area contributed by atoms with E-state index in [9.17, 15) is 0 Å². The second kappa shape index (κ2) is 12.4. The van der Waals surface area contributed by atoms with E-state index in [0.29, 0.717) is 13.1 Å². The molecule has 1 aromatic rings. The zero-order valence-corrected chi connectivity index (χ0v) is 17.6. The summed E-state index contributed by atoms with van der Waals surface area (Å²) in [5, 5.41) is 7.10. The molecule has 1 fully saturated rings. The molecule has 2 rings (SSSR count). The van der Waals surface area contributed by atoms with Crippen molar-refractivity contribution in [1.29, 1.82) is 0 Å². The second-order valence-electron chi connectivity index (χ2n) is 5.46. The first-order chi connectivity index (χ1) is 11.8. The molecule has 7 heteroatoms. The van der Waals surface area contributed by atoms with Gasteiger partial charge < -0.3 is 15.4 Å². The molecule has 0 radical (unpaired) electrons. The van der Waals surface area contributed by atoms with Gasteiger partial charge in [0.15, 0.2) is 5.96 Å². The highest BCUT2D eigenvalue weighted by Crippen LogP contribution is 2.28. The maximum atomic E-state index is 6.43. The van der Waals surface area contributed by atoms with Crippen molar-refractivity contribution < 1.29 is 4.74 Å². The van der Waals surface area contributed by atoms with Crippen LogP contribution in [0.1, 0.15) is 18.5 Å². The molecule has 1 aromatic carbocycles. The first-order valence-electron chi connectivity index (χ1n) is 8.28. The molecular formula is C18H26ClIN4O. The molecule has 1 aliphatic heterocycles. The maximum Gasteiger partial charge on any atom is 0.192 e. The minimum atomic E-state index is 0. The average molecular weight is 477 g/mol. The molecule has 1 saturated heterocycles. The lowest BCUT2D eigenvalue weighted by molar-refractivity contribution is 0.0180. The lowest BCUT2D eigenvalue weighted by Gasteiger charge is -2.34. The van der Waals surface area contributed by atoms with E-state index in [-0.39, 0.29) is 30.0 Å². The largest absolute Gasteiger partial charge is 0.379 e. The quantitative estimate of drug-likeness (QED) is 0.287. The fourth-order valence-corrected chi connectivity index (χ4v) is 2.96. The number of benzene rings is 1. The van der Waals surface area contributed by atoms with E-state index in [4.69, 9.17) is 27.8 Å². The molecule has 1 atom stereocenters.